The van der Waals surface area contributed by atoms with E-state index in [1.54, 1.807) is 0 Å². The van der Waals surface area contributed by atoms with Crippen LogP contribution in [0.3, 0.4) is 0 Å². The molecule has 0 bridgehead atoms. The molecular weight excluding hydrogens is 363 g/mol. The Hall–Kier alpha value is 2.57. The van der Waals surface area contributed by atoms with Gasteiger partial charge in [-0.05, 0) is 0 Å². The van der Waals surface area contributed by atoms with E-state index in [0.717, 1.165) is 0 Å². The molecule has 0 aromatic rings. The fourth-order valence-electron chi connectivity index (χ4n) is 0. The van der Waals surface area contributed by atoms with E-state index in [4.69, 9.17) is 0 Å². The van der Waals surface area contributed by atoms with Gasteiger partial charge in [0.05, 0.1) is 0 Å². The van der Waals surface area contributed by atoms with Crippen molar-refractivity contribution in [1.82, 2.24) is 0 Å². The Morgan fingerprint density at radius 1 is 1.25 bits per heavy atom. The molecule has 0 saturated carbocycles. The van der Waals surface area contributed by atoms with E-state index in [2.05, 4.69) is 28.8 Å². The third-order valence-electron chi connectivity index (χ3n) is 0. The zero-order valence-corrected chi connectivity index (χ0v) is 8.67. The monoisotopic (exact) mass is 361 g/mol. The van der Waals surface area contributed by atoms with Crippen molar-refractivity contribution >= 4 is 35.4 Å². The van der Waals surface area contributed by atoms with Gasteiger partial charge < -0.3 is 0 Å². The fourth-order valence-corrected chi connectivity index (χ4v) is 0. The van der Waals surface area contributed by atoms with Crippen molar-refractivity contribution in [1.29, 1.82) is 0 Å². The van der Waals surface area contributed by atoms with Crippen molar-refractivity contribution in [3.63, 3.8) is 0 Å². The van der Waals surface area contributed by atoms with Gasteiger partial charge in [-0.15, -0.1) is 0 Å². The third-order valence-corrected chi connectivity index (χ3v) is 0. The van der Waals surface area contributed by atoms with Crippen LogP contribution in [0.4, 0.5) is 0 Å². The van der Waals surface area contributed by atoms with Crippen molar-refractivity contribution < 1.29 is 41.6 Å². The molecule has 0 atom stereocenters. The van der Waals surface area contributed by atoms with Gasteiger partial charge in [-0.2, -0.15) is 0 Å². The van der Waals surface area contributed by atoms with Crippen LogP contribution in [0.5, 0.6) is 0 Å². The minimum atomic E-state index is 0. The molecule has 0 amide bonds. The van der Waals surface area contributed by atoms with Crippen LogP contribution in [0.2, 0.25) is 0 Å². The summed E-state index contributed by atoms with van der Waals surface area (Å²) in [6.07, 6.45) is 0. The van der Waals surface area contributed by atoms with E-state index in [1.807, 2.05) is 0 Å². The first-order valence-corrected chi connectivity index (χ1v) is 2.18. The second-order valence-electron chi connectivity index (χ2n) is 0. The van der Waals surface area contributed by atoms with Gasteiger partial charge in [-0.1, -0.05) is 0 Å². The van der Waals surface area contributed by atoms with Gasteiger partial charge in [-0.25, -0.2) is 0 Å². The molecule has 0 heterocycles. The zero-order valence-electron chi connectivity index (χ0n) is 1.59. The number of hydrogen-bond donors (Lipinski definition) is 0. The van der Waals surface area contributed by atoms with E-state index in [0.29, 0.717) is 0 Å². The van der Waals surface area contributed by atoms with E-state index >= 15 is 0 Å². The van der Waals surface area contributed by atoms with Crippen LogP contribution >= 0.6 is 9.58 Å². The average Bonchev–Trinajstić information content (AvgIpc) is 1.00. The molecule has 4 heavy (non-hydrogen) atoms. The molecule has 0 aromatic heterocycles. The van der Waals surface area contributed by atoms with Gasteiger partial charge in [0.2, 0.25) is 0 Å². The summed E-state index contributed by atoms with van der Waals surface area (Å²) in [6, 6.07) is 0. The molecule has 0 saturated heterocycles. The number of rotatable bonds is 0. The summed E-state index contributed by atoms with van der Waals surface area (Å²) >= 11 is 2.53. The first-order chi connectivity index (χ1) is 1.00. The predicted molar refractivity (Wildman–Crippen MR) is 13.3 cm³/mol. The van der Waals surface area contributed by atoms with Crippen LogP contribution in [0.15, 0.2) is 0 Å². The summed E-state index contributed by atoms with van der Waals surface area (Å²) in [6.45, 7) is 0. The van der Waals surface area contributed by atoms with Crippen LogP contribution in [0, 0.1) is 0 Å². The molecule has 0 N–H and O–H groups in total. The summed E-state index contributed by atoms with van der Waals surface area (Å²) in [5.41, 5.74) is 0. The second-order valence-corrected chi connectivity index (χ2v) is 0. The molecule has 0 aromatic carbocycles. The molecule has 0 aliphatic carbocycles. The molecule has 0 spiro atoms. The standard InChI is InChI=1S/2Ag.In.S. The summed E-state index contributed by atoms with van der Waals surface area (Å²) in [4.78, 5) is 0. The Kier molecular flexibility index (Phi) is 70.4. The van der Waals surface area contributed by atoms with Crippen molar-refractivity contribution in [2.45, 2.75) is 0 Å². The molecule has 4 heteroatoms. The maximum atomic E-state index is 3.89. The van der Waals surface area contributed by atoms with Crippen LogP contribution in [-0.2, 0) is 41.6 Å². The van der Waals surface area contributed by atoms with Gasteiger partial charge in [0.15, 0.2) is 0 Å². The predicted octanol–water partition coefficient (Wildman–Crippen LogP) is 0.262. The van der Waals surface area contributed by atoms with Gasteiger partial charge >= 0.3 is 28.8 Å². The van der Waals surface area contributed by atoms with Crippen LogP contribution < -0.4 is 0 Å². The second kappa shape index (κ2) is 17.6. The van der Waals surface area contributed by atoms with Crippen molar-refractivity contribution in [3.8, 4) is 0 Å². The summed E-state index contributed by atoms with van der Waals surface area (Å²) in [5.74, 6) is 0. The Morgan fingerprint density at radius 2 is 1.25 bits per heavy atom. The van der Waals surface area contributed by atoms with Gasteiger partial charge in [0.25, 0.3) is 0 Å². The van der Waals surface area contributed by atoms with Crippen LogP contribution in [0.1, 0.15) is 0 Å². The zero-order chi connectivity index (χ0) is 2.00. The fraction of sp³-hybridized carbons (Fsp3) is 0. The van der Waals surface area contributed by atoms with E-state index in [1.165, 1.54) is 0 Å². The van der Waals surface area contributed by atoms with Crippen LogP contribution in [0.25, 0.3) is 0 Å². The van der Waals surface area contributed by atoms with Crippen LogP contribution in [-0.4, -0.2) is 25.8 Å². The van der Waals surface area contributed by atoms with E-state index in [9.17, 15) is 0 Å². The molecule has 0 unspecified atom stereocenters. The SMILES string of the molecule is [Ag].[In].[S]=[Ag]. The molecule has 0 rings (SSSR count). The molecule has 4 radical (unpaired) electrons. The van der Waals surface area contributed by atoms with Crippen molar-refractivity contribution in [2.24, 2.45) is 0 Å². The number of hydrogen-bond acceptors (Lipinski definition) is 1. The third kappa shape index (κ3) is 8.82. The summed E-state index contributed by atoms with van der Waals surface area (Å²) in [7, 11) is 3.89. The Balaban J connectivity index is -0.00000000500. The quantitative estimate of drug-likeness (QED) is 0.557. The average molecular weight is 363 g/mol. The van der Waals surface area contributed by atoms with E-state index in [-0.39, 0.29) is 48.2 Å². The van der Waals surface area contributed by atoms with Crippen molar-refractivity contribution in [3.05, 3.63) is 0 Å². The Labute approximate surface area is 75.6 Å². The molecule has 0 nitrogen and oxygen atoms in total. The van der Waals surface area contributed by atoms with E-state index < -0.39 is 0 Å². The maximum absolute atomic E-state index is 3.89. The normalized spacial score (nSPS) is 1.50. The van der Waals surface area contributed by atoms with Gasteiger partial charge in [0.1, 0.15) is 0 Å². The molecular formula is Ag2InS. The van der Waals surface area contributed by atoms with Gasteiger partial charge in [0, 0.05) is 48.2 Å². The topological polar surface area (TPSA) is 0 Å². The minimum absolute atomic E-state index is 0. The Bertz CT molecular complexity index is 6.00. The summed E-state index contributed by atoms with van der Waals surface area (Å²) in [5, 5.41) is 0. The molecule has 0 aliphatic rings. The molecule has 0 aliphatic heterocycles. The molecule has 0 fully saturated rings. The first kappa shape index (κ1) is 16.0. The summed E-state index contributed by atoms with van der Waals surface area (Å²) < 4.78 is 0. The van der Waals surface area contributed by atoms with Crippen molar-refractivity contribution in [2.75, 3.05) is 0 Å². The first-order valence-electron chi connectivity index (χ1n) is 0.123. The molecule has 31 valence electrons. The van der Waals surface area contributed by atoms with Gasteiger partial charge in [-0.3, -0.25) is 0 Å². The Morgan fingerprint density at radius 3 is 1.25 bits per heavy atom.